The van der Waals surface area contributed by atoms with E-state index in [0.717, 1.165) is 0 Å². The van der Waals surface area contributed by atoms with Gasteiger partial charge in [0.1, 0.15) is 0 Å². The van der Waals surface area contributed by atoms with Gasteiger partial charge in [0, 0.05) is 35.5 Å². The van der Waals surface area contributed by atoms with Gasteiger partial charge in [-0.1, -0.05) is 24.3 Å². The van der Waals surface area contributed by atoms with E-state index in [4.69, 9.17) is 16.3 Å². The van der Waals surface area contributed by atoms with E-state index >= 15 is 0 Å². The molecule has 2 aromatic carbocycles. The molecule has 5 nitrogen and oxygen atoms in total. The van der Waals surface area contributed by atoms with Gasteiger partial charge in [-0.15, -0.1) is 0 Å². The normalized spacial score (nSPS) is 22.4. The lowest BCUT2D eigenvalue weighted by Crippen LogP contribution is -2.45. The quantitative estimate of drug-likeness (QED) is 0.320. The van der Waals surface area contributed by atoms with Gasteiger partial charge in [-0.3, -0.25) is 9.59 Å². The van der Waals surface area contributed by atoms with E-state index in [9.17, 15) is 27.2 Å². The van der Waals surface area contributed by atoms with Gasteiger partial charge in [-0.05, 0) is 23.4 Å². The fourth-order valence-corrected chi connectivity index (χ4v) is 4.68. The molecule has 0 unspecified atom stereocenters. The van der Waals surface area contributed by atoms with E-state index in [0.29, 0.717) is 0 Å². The molecule has 1 saturated heterocycles. The number of halogens is 5. The second-order valence-corrected chi connectivity index (χ2v) is 7.97. The van der Waals surface area contributed by atoms with E-state index in [2.05, 4.69) is 4.98 Å². The van der Waals surface area contributed by atoms with E-state index < -0.39 is 46.0 Å². The second kappa shape index (κ2) is 6.61. The van der Waals surface area contributed by atoms with E-state index in [1.807, 2.05) is 0 Å². The maximum absolute atomic E-state index is 15.0. The molecule has 5 rings (SSSR count). The molecule has 0 bridgehead atoms. The van der Waals surface area contributed by atoms with Crippen LogP contribution in [-0.2, 0) is 4.74 Å². The molecule has 0 radical (unpaired) electrons. The fourth-order valence-electron chi connectivity index (χ4n) is 4.58. The molecule has 2 aliphatic rings. The van der Waals surface area contributed by atoms with Crippen LogP contribution in [-0.4, -0.2) is 39.0 Å². The third kappa shape index (κ3) is 2.76. The predicted molar refractivity (Wildman–Crippen MR) is 102 cm³/mol. The van der Waals surface area contributed by atoms with Crippen molar-refractivity contribution in [1.82, 2.24) is 9.55 Å². The van der Waals surface area contributed by atoms with Crippen LogP contribution >= 0.6 is 11.6 Å². The Hall–Kier alpha value is -2.78. The number of Topliss-reactive ketones (excluding diaryl/α,β-unsaturated/α-hetero) is 2. The van der Waals surface area contributed by atoms with Crippen LogP contribution in [0.3, 0.4) is 0 Å². The van der Waals surface area contributed by atoms with Crippen molar-refractivity contribution in [3.63, 3.8) is 0 Å². The summed E-state index contributed by atoms with van der Waals surface area (Å²) in [5.41, 5.74) is -1.40. The first-order valence-corrected chi connectivity index (χ1v) is 9.74. The van der Waals surface area contributed by atoms with E-state index in [-0.39, 0.29) is 35.1 Å². The van der Waals surface area contributed by atoms with Crippen molar-refractivity contribution in [2.75, 3.05) is 6.61 Å². The standard InChI is InChI=1S/C21H13ClF4N2O3/c22-21(25,26)19(30)15-14-13(18(29)20(23,24)12-5-8-31-17(12)14)10-3-1-2-4-11(10)16(15)28-7-6-27-9-28/h1-4,6-7,9,12,17H,5,8H2/t12-,17+/m0/s1. The van der Waals surface area contributed by atoms with Crippen molar-refractivity contribution in [2.45, 2.75) is 23.8 Å². The molecule has 0 amide bonds. The molecule has 2 atom stereocenters. The Morgan fingerprint density at radius 1 is 1.26 bits per heavy atom. The van der Waals surface area contributed by atoms with Crippen molar-refractivity contribution >= 4 is 33.9 Å². The molecular weight excluding hydrogens is 440 g/mol. The Balaban J connectivity index is 2.01. The number of alkyl halides is 5. The van der Waals surface area contributed by atoms with Crippen LogP contribution in [0.2, 0.25) is 0 Å². The topological polar surface area (TPSA) is 61.2 Å². The molecule has 1 aliphatic carbocycles. The molecule has 1 fully saturated rings. The van der Waals surface area contributed by atoms with Gasteiger partial charge in [-0.2, -0.15) is 17.6 Å². The van der Waals surface area contributed by atoms with Gasteiger partial charge in [0.05, 0.1) is 29.6 Å². The Kier molecular flexibility index (Phi) is 4.29. The average Bonchev–Trinajstić information content (AvgIpc) is 3.41. The Labute approximate surface area is 177 Å². The molecule has 1 aliphatic heterocycles. The summed E-state index contributed by atoms with van der Waals surface area (Å²) in [5.74, 6) is -8.65. The predicted octanol–water partition coefficient (Wildman–Crippen LogP) is 4.95. The van der Waals surface area contributed by atoms with Gasteiger partial charge >= 0.3 is 11.3 Å². The number of fused-ring (bicyclic) bond motifs is 5. The number of ketones is 2. The summed E-state index contributed by atoms with van der Waals surface area (Å²) in [4.78, 5) is 29.7. The number of nitrogens with zero attached hydrogens (tertiary/aromatic N) is 2. The molecule has 1 aromatic heterocycles. The van der Waals surface area contributed by atoms with Crippen LogP contribution in [0.1, 0.15) is 38.8 Å². The summed E-state index contributed by atoms with van der Waals surface area (Å²) in [6, 6.07) is 5.97. The van der Waals surface area contributed by atoms with Crippen LogP contribution in [0.4, 0.5) is 17.6 Å². The van der Waals surface area contributed by atoms with Gasteiger partial charge < -0.3 is 9.30 Å². The average molecular weight is 453 g/mol. The van der Waals surface area contributed by atoms with Gasteiger partial charge in [0.15, 0.2) is 0 Å². The highest BCUT2D eigenvalue weighted by Crippen LogP contribution is 2.54. The van der Waals surface area contributed by atoms with Crippen LogP contribution in [0, 0.1) is 5.92 Å². The largest absolute Gasteiger partial charge is 0.385 e. The number of carbonyl (C=O) groups is 2. The highest BCUT2D eigenvalue weighted by atomic mass is 35.5. The number of ether oxygens (including phenoxy) is 1. The highest BCUT2D eigenvalue weighted by molar-refractivity contribution is 6.37. The number of hydrogen-bond acceptors (Lipinski definition) is 4. The van der Waals surface area contributed by atoms with Gasteiger partial charge in [-0.25, -0.2) is 4.98 Å². The number of imidazole rings is 1. The lowest BCUT2D eigenvalue weighted by molar-refractivity contribution is -0.0631. The van der Waals surface area contributed by atoms with Crippen molar-refractivity contribution in [3.05, 3.63) is 59.7 Å². The lowest BCUT2D eigenvalue weighted by Gasteiger charge is -2.36. The molecule has 160 valence electrons. The SMILES string of the molecule is O=C(c1c2c(c3ccccc3c1-n1ccnc1)C(=O)C(F)(F)[C@H]1CCO[C@@H]21)C(F)(F)Cl. The number of aromatic nitrogens is 2. The van der Waals surface area contributed by atoms with E-state index in [1.54, 1.807) is 6.07 Å². The van der Waals surface area contributed by atoms with Crippen LogP contribution < -0.4 is 0 Å². The maximum Gasteiger partial charge on any atom is 0.385 e. The summed E-state index contributed by atoms with van der Waals surface area (Å²) in [5, 5.41) is -4.07. The zero-order chi connectivity index (χ0) is 22.1. The summed E-state index contributed by atoms with van der Waals surface area (Å²) in [6.07, 6.45) is 2.51. The number of rotatable bonds is 3. The molecule has 0 spiro atoms. The highest BCUT2D eigenvalue weighted by Gasteiger charge is 2.60. The monoisotopic (exact) mass is 452 g/mol. The van der Waals surface area contributed by atoms with Gasteiger partial charge in [0.25, 0.3) is 5.78 Å². The molecule has 2 heterocycles. The Morgan fingerprint density at radius 3 is 2.61 bits per heavy atom. The van der Waals surface area contributed by atoms with Crippen LogP contribution in [0.15, 0.2) is 43.0 Å². The smallest absolute Gasteiger partial charge is 0.373 e. The van der Waals surface area contributed by atoms with Crippen molar-refractivity contribution in [2.24, 2.45) is 5.92 Å². The summed E-state index contributed by atoms with van der Waals surface area (Å²) < 4.78 is 65.0. The minimum absolute atomic E-state index is 0.0237. The minimum Gasteiger partial charge on any atom is -0.373 e. The fraction of sp³-hybridized carbons (Fsp3) is 0.286. The van der Waals surface area contributed by atoms with Crippen molar-refractivity contribution in [3.8, 4) is 5.69 Å². The molecule has 0 N–H and O–H groups in total. The number of benzene rings is 2. The van der Waals surface area contributed by atoms with E-state index in [1.165, 1.54) is 41.5 Å². The van der Waals surface area contributed by atoms with Crippen LogP contribution in [0.25, 0.3) is 16.5 Å². The summed E-state index contributed by atoms with van der Waals surface area (Å²) in [6.45, 7) is -0.101. The molecule has 0 saturated carbocycles. The zero-order valence-corrected chi connectivity index (χ0v) is 16.4. The van der Waals surface area contributed by atoms with Crippen molar-refractivity contribution in [1.29, 1.82) is 0 Å². The molecule has 31 heavy (non-hydrogen) atoms. The summed E-state index contributed by atoms with van der Waals surface area (Å²) >= 11 is 5.10. The van der Waals surface area contributed by atoms with Crippen molar-refractivity contribution < 1.29 is 31.9 Å². The third-order valence-electron chi connectivity index (χ3n) is 5.85. The number of carbonyl (C=O) groups excluding carboxylic acids is 2. The third-order valence-corrected chi connectivity index (χ3v) is 6.02. The first kappa shape index (κ1) is 20.1. The Bertz CT molecular complexity index is 1240. The maximum atomic E-state index is 15.0. The van der Waals surface area contributed by atoms with Crippen LogP contribution in [0.5, 0.6) is 0 Å². The minimum atomic E-state index is -4.33. The Morgan fingerprint density at radius 2 is 1.97 bits per heavy atom. The zero-order valence-electron chi connectivity index (χ0n) is 15.6. The number of hydrogen-bond donors (Lipinski definition) is 0. The lowest BCUT2D eigenvalue weighted by atomic mass is 9.73. The molecular formula is C21H13ClF4N2O3. The first-order chi connectivity index (χ1) is 14.6. The van der Waals surface area contributed by atoms with Gasteiger partial charge in [0.2, 0.25) is 5.78 Å². The first-order valence-electron chi connectivity index (χ1n) is 9.36. The second-order valence-electron chi connectivity index (χ2n) is 7.49. The summed E-state index contributed by atoms with van der Waals surface area (Å²) in [7, 11) is 0. The molecule has 3 aromatic rings. The molecule has 10 heteroatoms.